The van der Waals surface area contributed by atoms with Gasteiger partial charge in [0, 0.05) is 18.4 Å². The fraction of sp³-hybridized carbons (Fsp3) is 0.750. The summed E-state index contributed by atoms with van der Waals surface area (Å²) in [6.07, 6.45) is 4.24. The molecule has 0 saturated carbocycles. The first kappa shape index (κ1) is 12.2. The zero-order valence-corrected chi connectivity index (χ0v) is 10.2. The van der Waals surface area contributed by atoms with Gasteiger partial charge in [0.15, 0.2) is 0 Å². The maximum absolute atomic E-state index is 4.35. The van der Waals surface area contributed by atoms with Gasteiger partial charge < -0.3 is 5.32 Å². The number of nitrogens with zero attached hydrogens (tertiary/aromatic N) is 2. The topological polar surface area (TPSA) is 29.9 Å². The Hall–Kier alpha value is -0.830. The summed E-state index contributed by atoms with van der Waals surface area (Å²) in [5, 5.41) is 7.71. The maximum atomic E-state index is 4.35. The van der Waals surface area contributed by atoms with Gasteiger partial charge in [0.2, 0.25) is 0 Å². The van der Waals surface area contributed by atoms with Crippen molar-refractivity contribution >= 4 is 0 Å². The molecular weight excluding hydrogens is 186 g/mol. The molecule has 0 radical (unpaired) electrons. The third-order valence-corrected chi connectivity index (χ3v) is 2.69. The molecule has 3 nitrogen and oxygen atoms in total. The standard InChI is InChI=1S/C12H23N3/c1-4-10-15-12(7-9-14-15)11(3)6-8-13-5-2/h7,9,11,13H,4-6,8,10H2,1-3H3. The van der Waals surface area contributed by atoms with Crippen molar-refractivity contribution in [2.75, 3.05) is 13.1 Å². The van der Waals surface area contributed by atoms with E-state index >= 15 is 0 Å². The minimum absolute atomic E-state index is 0.595. The molecule has 1 atom stereocenters. The van der Waals surface area contributed by atoms with Crippen LogP contribution in [0.4, 0.5) is 0 Å². The quantitative estimate of drug-likeness (QED) is 0.699. The van der Waals surface area contributed by atoms with E-state index in [4.69, 9.17) is 0 Å². The smallest absolute Gasteiger partial charge is 0.0492 e. The zero-order chi connectivity index (χ0) is 11.1. The molecule has 0 spiro atoms. The van der Waals surface area contributed by atoms with E-state index in [1.54, 1.807) is 0 Å². The highest BCUT2D eigenvalue weighted by Crippen LogP contribution is 2.18. The second kappa shape index (κ2) is 6.62. The van der Waals surface area contributed by atoms with Gasteiger partial charge in [0.1, 0.15) is 0 Å². The van der Waals surface area contributed by atoms with E-state index in [0.717, 1.165) is 26.1 Å². The monoisotopic (exact) mass is 209 g/mol. The summed E-state index contributed by atoms with van der Waals surface area (Å²) in [6, 6.07) is 2.15. The minimum Gasteiger partial charge on any atom is -0.317 e. The molecule has 1 aromatic rings. The first-order valence-corrected chi connectivity index (χ1v) is 6.02. The predicted molar refractivity (Wildman–Crippen MR) is 64.1 cm³/mol. The lowest BCUT2D eigenvalue weighted by atomic mass is 10.0. The highest BCUT2D eigenvalue weighted by Gasteiger charge is 2.09. The molecule has 0 amide bonds. The molecule has 1 rings (SSSR count). The summed E-state index contributed by atoms with van der Waals surface area (Å²) in [5.41, 5.74) is 1.37. The van der Waals surface area contributed by atoms with Gasteiger partial charge in [0.05, 0.1) is 0 Å². The first-order valence-electron chi connectivity index (χ1n) is 6.02. The second-order valence-electron chi connectivity index (χ2n) is 4.02. The molecule has 1 N–H and O–H groups in total. The number of aryl methyl sites for hydroxylation is 1. The predicted octanol–water partition coefficient (Wildman–Crippen LogP) is 2.40. The van der Waals surface area contributed by atoms with Crippen molar-refractivity contribution in [3.05, 3.63) is 18.0 Å². The Kier molecular flexibility index (Phi) is 5.40. The number of hydrogen-bond donors (Lipinski definition) is 1. The van der Waals surface area contributed by atoms with Gasteiger partial charge in [-0.1, -0.05) is 20.8 Å². The second-order valence-corrected chi connectivity index (χ2v) is 4.02. The Labute approximate surface area is 92.9 Å². The molecule has 3 heteroatoms. The van der Waals surface area contributed by atoms with Crippen LogP contribution < -0.4 is 5.32 Å². The summed E-state index contributed by atoms with van der Waals surface area (Å²) >= 11 is 0. The van der Waals surface area contributed by atoms with Gasteiger partial charge in [-0.3, -0.25) is 4.68 Å². The van der Waals surface area contributed by atoms with E-state index in [0.29, 0.717) is 5.92 Å². The molecule has 1 heterocycles. The van der Waals surface area contributed by atoms with Crippen LogP contribution in [0.5, 0.6) is 0 Å². The molecule has 0 fully saturated rings. The summed E-state index contributed by atoms with van der Waals surface area (Å²) in [6.45, 7) is 9.80. The van der Waals surface area contributed by atoms with Crippen LogP contribution in [0, 0.1) is 0 Å². The molecule has 15 heavy (non-hydrogen) atoms. The van der Waals surface area contributed by atoms with Gasteiger partial charge in [-0.25, -0.2) is 0 Å². The van der Waals surface area contributed by atoms with Crippen LogP contribution >= 0.6 is 0 Å². The molecule has 86 valence electrons. The summed E-state index contributed by atoms with van der Waals surface area (Å²) in [7, 11) is 0. The molecule has 0 aromatic carbocycles. The first-order chi connectivity index (χ1) is 7.29. The number of hydrogen-bond acceptors (Lipinski definition) is 2. The molecule has 1 aromatic heterocycles. The van der Waals surface area contributed by atoms with Crippen molar-refractivity contribution in [3.8, 4) is 0 Å². The van der Waals surface area contributed by atoms with Crippen molar-refractivity contribution in [2.45, 2.75) is 46.1 Å². The Balaban J connectivity index is 2.48. The number of nitrogens with one attached hydrogen (secondary N) is 1. The normalized spacial score (nSPS) is 13.0. The van der Waals surface area contributed by atoms with Gasteiger partial charge in [0.25, 0.3) is 0 Å². The molecule has 0 aliphatic carbocycles. The van der Waals surface area contributed by atoms with Crippen LogP contribution in [0.1, 0.15) is 45.2 Å². The molecule has 0 saturated heterocycles. The summed E-state index contributed by atoms with van der Waals surface area (Å²) < 4.78 is 2.14. The van der Waals surface area contributed by atoms with E-state index in [2.05, 4.69) is 41.9 Å². The minimum atomic E-state index is 0.595. The van der Waals surface area contributed by atoms with Crippen molar-refractivity contribution in [3.63, 3.8) is 0 Å². The van der Waals surface area contributed by atoms with E-state index in [1.165, 1.54) is 12.1 Å². The van der Waals surface area contributed by atoms with Gasteiger partial charge in [-0.15, -0.1) is 0 Å². The maximum Gasteiger partial charge on any atom is 0.0492 e. The van der Waals surface area contributed by atoms with Crippen LogP contribution in [-0.2, 0) is 6.54 Å². The largest absolute Gasteiger partial charge is 0.317 e. The summed E-state index contributed by atoms with van der Waals surface area (Å²) in [4.78, 5) is 0. The number of rotatable bonds is 7. The molecular formula is C12H23N3. The Bertz CT molecular complexity index is 268. The lowest BCUT2D eigenvalue weighted by Crippen LogP contribution is -2.17. The van der Waals surface area contributed by atoms with Crippen molar-refractivity contribution in [1.29, 1.82) is 0 Å². The van der Waals surface area contributed by atoms with Crippen molar-refractivity contribution in [2.24, 2.45) is 0 Å². The van der Waals surface area contributed by atoms with Crippen LogP contribution in [0.2, 0.25) is 0 Å². The Morgan fingerprint density at radius 1 is 1.47 bits per heavy atom. The average molecular weight is 209 g/mol. The Morgan fingerprint density at radius 2 is 2.27 bits per heavy atom. The SMILES string of the molecule is CCCn1nccc1C(C)CCNCC. The van der Waals surface area contributed by atoms with Crippen LogP contribution in [0.15, 0.2) is 12.3 Å². The van der Waals surface area contributed by atoms with Gasteiger partial charge in [-0.05, 0) is 37.9 Å². The fourth-order valence-electron chi connectivity index (χ4n) is 1.80. The highest BCUT2D eigenvalue weighted by atomic mass is 15.3. The third-order valence-electron chi connectivity index (χ3n) is 2.69. The van der Waals surface area contributed by atoms with E-state index in [9.17, 15) is 0 Å². The molecule has 0 aliphatic rings. The highest BCUT2D eigenvalue weighted by molar-refractivity contribution is 5.06. The van der Waals surface area contributed by atoms with Gasteiger partial charge in [-0.2, -0.15) is 5.10 Å². The molecule has 1 unspecified atom stereocenters. The molecule has 0 bridgehead atoms. The lowest BCUT2D eigenvalue weighted by molar-refractivity contribution is 0.522. The number of aromatic nitrogens is 2. The summed E-state index contributed by atoms with van der Waals surface area (Å²) in [5.74, 6) is 0.595. The van der Waals surface area contributed by atoms with E-state index in [1.807, 2.05) is 6.20 Å². The van der Waals surface area contributed by atoms with Crippen LogP contribution in [0.25, 0.3) is 0 Å². The van der Waals surface area contributed by atoms with Crippen LogP contribution in [0.3, 0.4) is 0 Å². The third kappa shape index (κ3) is 3.67. The van der Waals surface area contributed by atoms with E-state index in [-0.39, 0.29) is 0 Å². The zero-order valence-electron chi connectivity index (χ0n) is 10.2. The van der Waals surface area contributed by atoms with Gasteiger partial charge >= 0.3 is 0 Å². The van der Waals surface area contributed by atoms with Crippen LogP contribution in [-0.4, -0.2) is 22.9 Å². The van der Waals surface area contributed by atoms with E-state index < -0.39 is 0 Å². The fourth-order valence-corrected chi connectivity index (χ4v) is 1.80. The average Bonchev–Trinajstić information content (AvgIpc) is 2.67. The lowest BCUT2D eigenvalue weighted by Gasteiger charge is -2.13. The van der Waals surface area contributed by atoms with Crippen molar-refractivity contribution < 1.29 is 0 Å². The molecule has 0 aliphatic heterocycles. The Morgan fingerprint density at radius 3 is 2.93 bits per heavy atom. The van der Waals surface area contributed by atoms with Crippen molar-refractivity contribution in [1.82, 2.24) is 15.1 Å².